The highest BCUT2D eigenvalue weighted by Gasteiger charge is 2.65. The molecule has 1 amide bonds. The second-order valence-corrected chi connectivity index (χ2v) is 6.00. The van der Waals surface area contributed by atoms with E-state index in [0.717, 1.165) is 26.2 Å². The zero-order valence-electron chi connectivity index (χ0n) is 13.6. The van der Waals surface area contributed by atoms with Crippen LogP contribution in [0.1, 0.15) is 37.4 Å². The van der Waals surface area contributed by atoms with Gasteiger partial charge in [-0.15, -0.1) is 0 Å². The van der Waals surface area contributed by atoms with Crippen molar-refractivity contribution in [3.8, 4) is 5.88 Å². The smallest absolute Gasteiger partial charge is 0.417 e. The summed E-state index contributed by atoms with van der Waals surface area (Å²) >= 11 is 0. The first kappa shape index (κ1) is 19.4. The minimum atomic E-state index is -4.77. The number of halogens is 5. The largest absolute Gasteiger partial charge is 0.481 e. The first-order valence-electron chi connectivity index (χ1n) is 7.30. The van der Waals surface area contributed by atoms with Gasteiger partial charge in [-0.2, -0.15) is 13.2 Å². The highest BCUT2D eigenvalue weighted by atomic mass is 19.4. The van der Waals surface area contributed by atoms with Crippen LogP contribution in [0.3, 0.4) is 0 Å². The number of carbonyl (C=O) groups excluding carboxylic acids is 1. The summed E-state index contributed by atoms with van der Waals surface area (Å²) in [5.74, 6) is -3.78. The number of hydrogen-bond donors (Lipinski definition) is 1. The van der Waals surface area contributed by atoms with Crippen LogP contribution in [0.15, 0.2) is 12.1 Å². The van der Waals surface area contributed by atoms with E-state index in [0.29, 0.717) is 0 Å². The Hall–Kier alpha value is -1.97. The summed E-state index contributed by atoms with van der Waals surface area (Å²) in [6.45, 7) is 2.07. The quantitative estimate of drug-likeness (QED) is 0.830. The van der Waals surface area contributed by atoms with E-state index in [4.69, 9.17) is 15.2 Å². The average molecular weight is 368 g/mol. The maximum atomic E-state index is 13.5. The lowest BCUT2D eigenvalue weighted by Gasteiger charge is -2.31. The van der Waals surface area contributed by atoms with Crippen LogP contribution in [0, 0.1) is 5.92 Å². The lowest BCUT2D eigenvalue weighted by molar-refractivity contribution is -0.272. The second-order valence-electron chi connectivity index (χ2n) is 6.00. The molecule has 25 heavy (non-hydrogen) atoms. The molecule has 10 heteroatoms. The molecular weight excluding hydrogens is 351 g/mol. The van der Waals surface area contributed by atoms with Gasteiger partial charge in [0.15, 0.2) is 5.60 Å². The number of rotatable bonds is 4. The van der Waals surface area contributed by atoms with Crippen LogP contribution in [-0.4, -0.2) is 35.9 Å². The second kappa shape index (κ2) is 6.40. The number of nitrogens with two attached hydrogens (primary N) is 1. The average Bonchev–Trinajstić information content (AvgIpc) is 2.79. The lowest BCUT2D eigenvalue weighted by Crippen LogP contribution is -2.47. The number of alkyl halides is 5. The summed E-state index contributed by atoms with van der Waals surface area (Å²) in [6, 6.07) is 2.13. The molecule has 2 rings (SSSR count). The summed E-state index contributed by atoms with van der Waals surface area (Å²) in [4.78, 5) is 15.3. The van der Waals surface area contributed by atoms with Crippen LogP contribution in [0.2, 0.25) is 0 Å². The van der Waals surface area contributed by atoms with Gasteiger partial charge in [-0.25, -0.2) is 13.8 Å². The van der Waals surface area contributed by atoms with Gasteiger partial charge in [-0.3, -0.25) is 4.79 Å². The molecule has 1 aromatic rings. The molecule has 0 aromatic carbocycles. The van der Waals surface area contributed by atoms with Gasteiger partial charge in [-0.05, 0) is 13.0 Å². The number of ether oxygens (including phenoxy) is 2. The van der Waals surface area contributed by atoms with E-state index in [-0.39, 0.29) is 11.4 Å². The molecule has 0 radical (unpaired) electrons. The van der Waals surface area contributed by atoms with Crippen molar-refractivity contribution in [1.82, 2.24) is 4.98 Å². The fourth-order valence-corrected chi connectivity index (χ4v) is 3.05. The molecule has 2 N–H and O–H groups in total. The summed E-state index contributed by atoms with van der Waals surface area (Å²) < 4.78 is 75.9. The molecule has 4 unspecified atom stereocenters. The number of methoxy groups -OCH3 is 1. The number of primary amides is 1. The first-order valence-corrected chi connectivity index (χ1v) is 7.30. The Morgan fingerprint density at radius 3 is 2.44 bits per heavy atom. The molecule has 4 atom stereocenters. The van der Waals surface area contributed by atoms with Crippen LogP contribution >= 0.6 is 0 Å². The van der Waals surface area contributed by atoms with Crippen molar-refractivity contribution in [2.45, 2.75) is 44.1 Å². The number of carbonyl (C=O) groups is 1. The zero-order valence-corrected chi connectivity index (χ0v) is 13.6. The van der Waals surface area contributed by atoms with Crippen LogP contribution in [-0.2, 0) is 9.53 Å². The number of nitrogens with zero attached hydrogens (tertiary/aromatic N) is 1. The predicted molar refractivity (Wildman–Crippen MR) is 76.2 cm³/mol. The van der Waals surface area contributed by atoms with Crippen molar-refractivity contribution in [1.29, 1.82) is 0 Å². The maximum Gasteiger partial charge on any atom is 0.417 e. The molecule has 1 aromatic heterocycles. The van der Waals surface area contributed by atoms with Crippen molar-refractivity contribution in [2.75, 3.05) is 7.11 Å². The fourth-order valence-electron chi connectivity index (χ4n) is 3.05. The van der Waals surface area contributed by atoms with Crippen LogP contribution < -0.4 is 10.5 Å². The first-order chi connectivity index (χ1) is 11.4. The third-order valence-corrected chi connectivity index (χ3v) is 4.64. The van der Waals surface area contributed by atoms with E-state index in [1.807, 2.05) is 0 Å². The van der Waals surface area contributed by atoms with E-state index in [2.05, 4.69) is 4.98 Å². The topological polar surface area (TPSA) is 74.4 Å². The van der Waals surface area contributed by atoms with Crippen molar-refractivity contribution in [3.63, 3.8) is 0 Å². The van der Waals surface area contributed by atoms with E-state index in [1.165, 1.54) is 6.92 Å². The Kier molecular flexibility index (Phi) is 4.95. The Balaban J connectivity index is 2.57. The molecule has 0 saturated carbocycles. The Morgan fingerprint density at radius 1 is 1.40 bits per heavy atom. The molecule has 1 aliphatic rings. The molecule has 140 valence electrons. The van der Waals surface area contributed by atoms with Crippen molar-refractivity contribution < 1.29 is 36.2 Å². The van der Waals surface area contributed by atoms with Gasteiger partial charge in [-0.1, -0.05) is 13.0 Å². The fraction of sp³-hybridized carbons (Fsp3) is 0.600. The van der Waals surface area contributed by atoms with Crippen LogP contribution in [0.4, 0.5) is 22.0 Å². The third-order valence-electron chi connectivity index (χ3n) is 4.64. The molecular formula is C15H17F5N2O3. The van der Waals surface area contributed by atoms with Gasteiger partial charge in [0, 0.05) is 17.4 Å². The summed E-state index contributed by atoms with van der Waals surface area (Å²) in [7, 11) is 1.14. The Bertz CT molecular complexity index is 667. The standard InChI is InChI=1S/C15H17F5N2O3/c1-6-9(7-4-5-8(11(16)17)22-13(7)24-3)10(12(21)23)25-14(6,2)15(18,19)20/h4-6,9-11H,1-3H3,(H2,21,23). The summed E-state index contributed by atoms with van der Waals surface area (Å²) in [5, 5.41) is 0. The van der Waals surface area contributed by atoms with Gasteiger partial charge >= 0.3 is 6.18 Å². The monoisotopic (exact) mass is 368 g/mol. The normalized spacial score (nSPS) is 29.9. The zero-order chi connectivity index (χ0) is 19.2. The molecule has 0 spiro atoms. The molecule has 0 aliphatic carbocycles. The SMILES string of the molecule is COc1nc(C(F)F)ccc1C1C(C(N)=O)OC(C)(C(F)(F)F)C1C. The molecule has 1 fully saturated rings. The van der Waals surface area contributed by atoms with E-state index < -0.39 is 47.7 Å². The van der Waals surface area contributed by atoms with Gasteiger partial charge in [0.25, 0.3) is 6.43 Å². The predicted octanol–water partition coefficient (Wildman–Crippen LogP) is 2.95. The van der Waals surface area contributed by atoms with Crippen LogP contribution in [0.25, 0.3) is 0 Å². The summed E-state index contributed by atoms with van der Waals surface area (Å²) in [5.41, 5.74) is 2.03. The molecule has 0 bridgehead atoms. The number of amides is 1. The third kappa shape index (κ3) is 3.14. The molecule has 1 saturated heterocycles. The van der Waals surface area contributed by atoms with Gasteiger partial charge in [0.05, 0.1) is 7.11 Å². The van der Waals surface area contributed by atoms with Gasteiger partial charge in [0.1, 0.15) is 11.8 Å². The highest BCUT2D eigenvalue weighted by Crippen LogP contribution is 2.54. The van der Waals surface area contributed by atoms with Crippen LogP contribution in [0.5, 0.6) is 5.88 Å². The maximum absolute atomic E-state index is 13.5. The minimum absolute atomic E-state index is 0.0520. The van der Waals surface area contributed by atoms with Gasteiger partial charge in [0.2, 0.25) is 11.8 Å². The van der Waals surface area contributed by atoms with E-state index in [1.54, 1.807) is 0 Å². The van der Waals surface area contributed by atoms with Crippen molar-refractivity contribution in [3.05, 3.63) is 23.4 Å². The van der Waals surface area contributed by atoms with E-state index >= 15 is 0 Å². The Morgan fingerprint density at radius 2 is 2.00 bits per heavy atom. The van der Waals surface area contributed by atoms with Gasteiger partial charge < -0.3 is 15.2 Å². The molecule has 2 heterocycles. The summed E-state index contributed by atoms with van der Waals surface area (Å²) in [6.07, 6.45) is -9.25. The lowest BCUT2D eigenvalue weighted by atomic mass is 9.77. The number of aromatic nitrogens is 1. The minimum Gasteiger partial charge on any atom is -0.481 e. The molecule has 5 nitrogen and oxygen atoms in total. The van der Waals surface area contributed by atoms with Crippen molar-refractivity contribution >= 4 is 5.91 Å². The Labute approximate surface area is 140 Å². The highest BCUT2D eigenvalue weighted by molar-refractivity contribution is 5.81. The number of hydrogen-bond acceptors (Lipinski definition) is 4. The van der Waals surface area contributed by atoms with E-state index in [9.17, 15) is 26.7 Å². The number of pyridine rings is 1. The molecule has 1 aliphatic heterocycles. The van der Waals surface area contributed by atoms with Crippen molar-refractivity contribution in [2.24, 2.45) is 11.7 Å².